The molecule has 67 heavy (non-hydrogen) atoms. The summed E-state index contributed by atoms with van der Waals surface area (Å²) in [6.07, 6.45) is 14.8. The summed E-state index contributed by atoms with van der Waals surface area (Å²) in [5.74, 6) is 1.47. The fourth-order valence-corrected chi connectivity index (χ4v) is 9.56. The van der Waals surface area contributed by atoms with Gasteiger partial charge in [-0.1, -0.05) is 30.7 Å². The molecule has 4 aromatic rings. The van der Waals surface area contributed by atoms with Crippen LogP contribution in [-0.2, 0) is 33.1 Å². The van der Waals surface area contributed by atoms with Crippen LogP contribution in [0.5, 0.6) is 11.5 Å². The Kier molecular flexibility index (Phi) is 21.6. The van der Waals surface area contributed by atoms with Crippen molar-refractivity contribution in [2.24, 2.45) is 0 Å². The number of nitrogens with zero attached hydrogens (tertiary/aromatic N) is 9. The number of hydrogen-bond donors (Lipinski definition) is 0. The molecule has 0 unspecified atom stereocenters. The quantitative estimate of drug-likeness (QED) is 0.158. The van der Waals surface area contributed by atoms with Gasteiger partial charge in [0.25, 0.3) is 0 Å². The zero-order valence-electron chi connectivity index (χ0n) is 38.3. The van der Waals surface area contributed by atoms with E-state index in [-0.39, 0.29) is 11.4 Å². The molecule has 3 saturated heterocycles. The lowest BCUT2D eigenvalue weighted by Gasteiger charge is -2.33. The Labute approximate surface area is 404 Å². The maximum absolute atomic E-state index is 13.0. The summed E-state index contributed by atoms with van der Waals surface area (Å²) in [4.78, 5) is 21.4. The number of ether oxygens (including phenoxy) is 2. The van der Waals surface area contributed by atoms with Gasteiger partial charge in [-0.15, -0.1) is 0 Å². The first-order valence-electron chi connectivity index (χ1n) is 22.4. The van der Waals surface area contributed by atoms with E-state index >= 15 is 0 Å². The first-order chi connectivity index (χ1) is 31.9. The van der Waals surface area contributed by atoms with Gasteiger partial charge in [-0.25, -0.2) is 45.6 Å². The van der Waals surface area contributed by atoms with Gasteiger partial charge in [0.2, 0.25) is 31.3 Å². The maximum atomic E-state index is 13.0. The molecule has 5 heterocycles. The second-order valence-corrected chi connectivity index (χ2v) is 21.1. The number of rotatable bonds is 11. The number of anilines is 1. The lowest BCUT2D eigenvalue weighted by molar-refractivity contribution is 0.155. The van der Waals surface area contributed by atoms with Gasteiger partial charge in [-0.05, 0) is 72.7 Å². The van der Waals surface area contributed by atoms with E-state index < -0.39 is 38.1 Å². The summed E-state index contributed by atoms with van der Waals surface area (Å²) in [6.45, 7) is 8.51. The molecular weight excluding hydrogens is 919 g/mol. The van der Waals surface area contributed by atoms with Crippen molar-refractivity contribution < 1.29 is 35.1 Å². The standard InChI is InChI=1S/C21H28FN5O3S.C18H28N2O3S.C4H2ClFN2.B4/c1-31(28,29)27-12-10-25(11-13-27)16-17-2-4-19(5-3-17)30-20-6-8-26(9-7-20)21-23-14-18(22)15-24-21;1-24(21,22)20-13-11-19(12-14-20)15-16-7-9-18(10-8-16)23-17-5-3-2-4-6-17;5-4-7-1-3(6)2-8-4;1-4(2)3/h2-5,14-15,20H,6-13,16H2,1H3;7-10,17H,2-6,11-15H2,1H3;1-2H;. The van der Waals surface area contributed by atoms with Crippen LogP contribution in [0.1, 0.15) is 56.1 Å². The van der Waals surface area contributed by atoms with Crippen LogP contribution < -0.4 is 14.4 Å². The van der Waals surface area contributed by atoms with Crippen molar-refractivity contribution in [1.29, 1.82) is 0 Å². The monoisotopic (exact) mass is 977 g/mol. The van der Waals surface area contributed by atoms with E-state index in [0.29, 0.717) is 38.2 Å². The van der Waals surface area contributed by atoms with Crippen molar-refractivity contribution in [2.45, 2.75) is 70.2 Å². The smallest absolute Gasteiger partial charge is 0.225 e. The Hall–Kier alpha value is -3.85. The normalized spacial score (nSPS) is 18.3. The van der Waals surface area contributed by atoms with Crippen LogP contribution in [0.2, 0.25) is 5.28 Å². The molecule has 0 spiro atoms. The highest BCUT2D eigenvalue weighted by Gasteiger charge is 2.26. The molecular formula is C43H58B4ClF2N9O6S2. The molecule has 2 aromatic carbocycles. The van der Waals surface area contributed by atoms with Crippen LogP contribution in [0.15, 0.2) is 73.3 Å². The molecule has 1 saturated carbocycles. The van der Waals surface area contributed by atoms with Crippen molar-refractivity contribution in [3.63, 3.8) is 0 Å². The van der Waals surface area contributed by atoms with Gasteiger partial charge in [0.15, 0.2) is 11.6 Å². The Morgan fingerprint density at radius 3 is 1.30 bits per heavy atom. The Balaban J connectivity index is 0.000000205. The molecule has 24 heteroatoms. The second-order valence-electron chi connectivity index (χ2n) is 16.8. The number of benzene rings is 2. The molecule has 0 amide bonds. The number of aromatic nitrogens is 4. The largest absolute Gasteiger partial charge is 0.490 e. The predicted octanol–water partition coefficient (Wildman–Crippen LogP) is 3.96. The highest BCUT2D eigenvalue weighted by atomic mass is 35.5. The van der Waals surface area contributed by atoms with Crippen LogP contribution in [0.4, 0.5) is 14.7 Å². The van der Waals surface area contributed by atoms with Crippen LogP contribution in [0, 0.1) is 11.6 Å². The number of piperidine rings is 1. The first-order valence-corrected chi connectivity index (χ1v) is 26.5. The highest BCUT2D eigenvalue weighted by Crippen LogP contribution is 2.25. The van der Waals surface area contributed by atoms with E-state index in [0.717, 1.165) is 89.1 Å². The summed E-state index contributed by atoms with van der Waals surface area (Å²) in [5, 5.41) is 0.0615. The van der Waals surface area contributed by atoms with Gasteiger partial charge in [-0.3, -0.25) is 9.80 Å². The maximum Gasteiger partial charge on any atom is 0.225 e. The second kappa shape index (κ2) is 26.8. The Bertz CT molecular complexity index is 2250. The minimum absolute atomic E-state index is 0.0615. The summed E-state index contributed by atoms with van der Waals surface area (Å²) >= 11 is 5.22. The van der Waals surface area contributed by atoms with E-state index in [4.69, 9.17) is 21.1 Å². The molecule has 0 bridgehead atoms. The summed E-state index contributed by atoms with van der Waals surface area (Å²) in [6, 6.07) is 16.5. The lowest BCUT2D eigenvalue weighted by Crippen LogP contribution is -2.47. The third-order valence-corrected chi connectivity index (χ3v) is 14.1. The van der Waals surface area contributed by atoms with Crippen molar-refractivity contribution in [1.82, 2.24) is 38.3 Å². The Morgan fingerprint density at radius 2 is 0.940 bits per heavy atom. The predicted molar refractivity (Wildman–Crippen MR) is 262 cm³/mol. The topological polar surface area (TPSA) is 154 Å². The average Bonchev–Trinajstić information content (AvgIpc) is 3.30. The molecule has 4 fully saturated rings. The third-order valence-electron chi connectivity index (χ3n) is 11.3. The Morgan fingerprint density at radius 1 is 0.582 bits per heavy atom. The van der Waals surface area contributed by atoms with Gasteiger partial charge >= 0.3 is 0 Å². The highest BCUT2D eigenvalue weighted by molar-refractivity contribution is 7.88. The van der Waals surface area contributed by atoms with E-state index in [1.807, 2.05) is 17.0 Å². The van der Waals surface area contributed by atoms with Gasteiger partial charge in [0, 0.05) is 121 Å². The minimum Gasteiger partial charge on any atom is -0.490 e. The van der Waals surface area contributed by atoms with E-state index in [1.54, 1.807) is 4.31 Å². The summed E-state index contributed by atoms with van der Waals surface area (Å²) < 4.78 is 86.5. The number of hydrogen-bond acceptors (Lipinski definition) is 13. The van der Waals surface area contributed by atoms with Crippen LogP contribution >= 0.6 is 11.6 Å². The molecule has 0 N–H and O–H groups in total. The van der Waals surface area contributed by atoms with Gasteiger partial charge < -0.3 is 14.4 Å². The van der Waals surface area contributed by atoms with Crippen molar-refractivity contribution >= 4 is 67.2 Å². The van der Waals surface area contributed by atoms with Crippen LogP contribution in [0.3, 0.4) is 0 Å². The lowest BCUT2D eigenvalue weighted by atomic mass is 9.08. The SMILES string of the molecule is CS(=O)(=O)N1CCN(Cc2ccc(OC3CCCCC3)cc2)CC1.CS(=O)(=O)N1CCN(Cc2ccc(OC3CCN(c4ncc(F)cn4)CC3)cc2)CC1.Fc1cnc(Cl)nc1.[B]B([B])[B]. The molecule has 2 aromatic heterocycles. The molecule has 4 aliphatic rings. The zero-order chi connectivity index (χ0) is 48.4. The first kappa shape index (κ1) is 54.1. The fourth-order valence-electron chi connectivity index (χ4n) is 7.81. The van der Waals surface area contributed by atoms with Gasteiger partial charge in [0.05, 0.1) is 43.4 Å². The van der Waals surface area contributed by atoms with E-state index in [2.05, 4.69) is 89.3 Å². The number of halogens is 3. The fraction of sp³-hybridized carbons (Fsp3) is 0.535. The molecule has 1 aliphatic carbocycles. The van der Waals surface area contributed by atoms with Crippen molar-refractivity contribution in [3.05, 3.63) is 101 Å². The summed E-state index contributed by atoms with van der Waals surface area (Å²) in [7, 11) is 7.85. The number of sulfonamides is 2. The van der Waals surface area contributed by atoms with E-state index in [9.17, 15) is 25.6 Å². The van der Waals surface area contributed by atoms with Gasteiger partial charge in [-0.2, -0.15) is 8.61 Å². The summed E-state index contributed by atoms with van der Waals surface area (Å²) in [5.41, 5.74) is 2.43. The molecule has 8 rings (SSSR count). The molecule has 356 valence electrons. The third kappa shape index (κ3) is 20.0. The molecule has 0 atom stereocenters. The average molecular weight is 978 g/mol. The molecule has 3 aliphatic heterocycles. The van der Waals surface area contributed by atoms with Crippen molar-refractivity contribution in [3.8, 4) is 11.5 Å². The molecule has 6 radical (unpaired) electrons. The molecule has 15 nitrogen and oxygen atoms in total. The van der Waals surface area contributed by atoms with E-state index in [1.165, 1.54) is 72.4 Å². The minimum atomic E-state index is -3.10. The van der Waals surface area contributed by atoms with Crippen LogP contribution in [-0.4, -0.2) is 175 Å². The van der Waals surface area contributed by atoms with Crippen LogP contribution in [0.25, 0.3) is 0 Å². The zero-order valence-corrected chi connectivity index (χ0v) is 40.6. The number of piperazine rings is 2. The van der Waals surface area contributed by atoms with Crippen molar-refractivity contribution in [2.75, 3.05) is 82.9 Å². The van der Waals surface area contributed by atoms with Gasteiger partial charge in [0.1, 0.15) is 17.6 Å².